The summed E-state index contributed by atoms with van der Waals surface area (Å²) in [5, 5.41) is 22.6. The molecule has 2 aromatic heterocycles. The minimum absolute atomic E-state index is 0.0352. The number of carbonyl (C=O) groups excluding carboxylic acids is 1. The van der Waals surface area contributed by atoms with Crippen LogP contribution in [0.25, 0.3) is 11.3 Å². The number of fused-ring (bicyclic) bond motifs is 3. The van der Waals surface area contributed by atoms with Gasteiger partial charge in [0.05, 0.1) is 30.5 Å². The van der Waals surface area contributed by atoms with E-state index < -0.39 is 0 Å². The monoisotopic (exact) mass is 598 g/mol. The Morgan fingerprint density at radius 2 is 1.77 bits per heavy atom. The first-order chi connectivity index (χ1) is 21.6. The van der Waals surface area contributed by atoms with Gasteiger partial charge in [0.2, 0.25) is 5.95 Å². The number of likely N-dealkylation sites (tertiary alicyclic amines) is 1. The van der Waals surface area contributed by atoms with Crippen LogP contribution in [0.4, 0.5) is 17.5 Å². The Labute approximate surface area is 258 Å². The summed E-state index contributed by atoms with van der Waals surface area (Å²) in [4.78, 5) is 28.8. The van der Waals surface area contributed by atoms with Crippen LogP contribution in [0.3, 0.4) is 0 Å². The number of piperazine rings is 1. The van der Waals surface area contributed by atoms with Gasteiger partial charge in [0.25, 0.3) is 0 Å². The molecule has 2 saturated heterocycles. The van der Waals surface area contributed by atoms with E-state index in [9.17, 15) is 9.90 Å². The number of para-hydroxylation sites is 1. The van der Waals surface area contributed by atoms with E-state index in [0.717, 1.165) is 102 Å². The van der Waals surface area contributed by atoms with Crippen molar-refractivity contribution in [1.29, 1.82) is 0 Å². The van der Waals surface area contributed by atoms with Crippen LogP contribution in [-0.2, 0) is 9.53 Å². The Balaban J connectivity index is 0.923. The summed E-state index contributed by atoms with van der Waals surface area (Å²) in [7, 11) is 1.50. The number of hydrogen-bond acceptors (Lipinski definition) is 11. The fraction of sp³-hybridized carbons (Fsp3) is 0.545. The Kier molecular flexibility index (Phi) is 8.20. The van der Waals surface area contributed by atoms with Gasteiger partial charge in [-0.15, -0.1) is 10.2 Å². The number of phenolic OH excluding ortho intramolecular Hbond substituents is 1. The Bertz CT molecular complexity index is 1450. The molecule has 7 rings (SSSR count). The lowest BCUT2D eigenvalue weighted by Crippen LogP contribution is -2.58. The van der Waals surface area contributed by atoms with E-state index in [0.29, 0.717) is 23.1 Å². The molecule has 1 aromatic carbocycles. The molecule has 3 fully saturated rings. The molecular formula is C33H42N8O3. The first-order valence-electron chi connectivity index (χ1n) is 16.1. The van der Waals surface area contributed by atoms with Crippen LogP contribution < -0.4 is 15.1 Å². The molecule has 11 heteroatoms. The summed E-state index contributed by atoms with van der Waals surface area (Å²) >= 11 is 0. The number of rotatable bonds is 6. The highest BCUT2D eigenvalue weighted by molar-refractivity contribution is 5.76. The Morgan fingerprint density at radius 3 is 2.52 bits per heavy atom. The Morgan fingerprint density at radius 1 is 1.00 bits per heavy atom. The lowest BCUT2D eigenvalue weighted by Gasteiger charge is -2.45. The molecule has 0 unspecified atom stereocenters. The summed E-state index contributed by atoms with van der Waals surface area (Å²) in [6, 6.07) is 9.52. The van der Waals surface area contributed by atoms with Gasteiger partial charge in [-0.25, -0.2) is 9.97 Å². The number of aromatic hydroxyl groups is 1. The highest BCUT2D eigenvalue weighted by Crippen LogP contribution is 2.37. The molecular weight excluding hydrogens is 556 g/mol. The number of nitrogens with one attached hydrogen (secondary N) is 1. The number of benzene rings is 1. The van der Waals surface area contributed by atoms with Crippen molar-refractivity contribution in [2.75, 3.05) is 68.0 Å². The zero-order valence-corrected chi connectivity index (χ0v) is 25.4. The van der Waals surface area contributed by atoms with Gasteiger partial charge in [-0.1, -0.05) is 12.1 Å². The van der Waals surface area contributed by atoms with Crippen molar-refractivity contribution in [3.05, 3.63) is 48.3 Å². The Hall–Kier alpha value is -3.99. The van der Waals surface area contributed by atoms with Gasteiger partial charge in [-0.05, 0) is 87.2 Å². The van der Waals surface area contributed by atoms with E-state index in [1.165, 1.54) is 12.7 Å². The second-order valence-corrected chi connectivity index (χ2v) is 12.8. The summed E-state index contributed by atoms with van der Waals surface area (Å²) < 4.78 is 4.95. The molecule has 232 valence electrons. The molecule has 0 bridgehead atoms. The van der Waals surface area contributed by atoms with Crippen LogP contribution in [0.2, 0.25) is 0 Å². The molecule has 1 aliphatic carbocycles. The lowest BCUT2D eigenvalue weighted by atomic mass is 9.81. The van der Waals surface area contributed by atoms with E-state index in [2.05, 4.69) is 30.2 Å². The summed E-state index contributed by atoms with van der Waals surface area (Å²) in [6.07, 6.45) is 10.5. The van der Waals surface area contributed by atoms with Crippen molar-refractivity contribution in [2.24, 2.45) is 11.8 Å². The van der Waals surface area contributed by atoms with Crippen LogP contribution in [0, 0.1) is 11.8 Å². The predicted molar refractivity (Wildman–Crippen MR) is 169 cm³/mol. The zero-order valence-electron chi connectivity index (χ0n) is 25.4. The molecule has 3 aliphatic heterocycles. The van der Waals surface area contributed by atoms with Gasteiger partial charge in [0.15, 0.2) is 5.82 Å². The van der Waals surface area contributed by atoms with Gasteiger partial charge < -0.3 is 29.9 Å². The smallest absolute Gasteiger partial charge is 0.308 e. The van der Waals surface area contributed by atoms with Crippen LogP contribution in [0.15, 0.2) is 42.7 Å². The second kappa shape index (κ2) is 12.6. The number of piperidine rings is 1. The van der Waals surface area contributed by atoms with Crippen molar-refractivity contribution in [2.45, 2.75) is 50.5 Å². The molecule has 0 radical (unpaired) electrons. The summed E-state index contributed by atoms with van der Waals surface area (Å²) in [6.45, 7) is 6.61. The maximum absolute atomic E-state index is 11.8. The number of nitrogens with zero attached hydrogens (tertiary/aromatic N) is 7. The molecule has 11 nitrogen and oxygen atoms in total. The third kappa shape index (κ3) is 5.89. The topological polar surface area (TPSA) is 120 Å². The summed E-state index contributed by atoms with van der Waals surface area (Å²) in [5.41, 5.74) is 3.61. The first kappa shape index (κ1) is 28.8. The third-order valence-electron chi connectivity index (χ3n) is 10.1. The molecule has 44 heavy (non-hydrogen) atoms. The molecule has 1 saturated carbocycles. The standard InChI is InChI=1S/C33H42N8O3/c1-44-32(43)24-8-6-22(7-9-24)20-39-12-10-23(11-13-39)25-17-35-33(36-18-25)40-14-15-41-26(21-40)19-34-31-29(41)16-28(37-38-31)27-4-2-3-5-30(27)42/h2-5,16-18,22-24,26,42H,6-15,19-21H2,1H3,(H,34,38)/t22?,24?,26-/m0/s1. The maximum Gasteiger partial charge on any atom is 0.308 e. The van der Waals surface area contributed by atoms with Crippen LogP contribution >= 0.6 is 0 Å². The number of hydrogen-bond donors (Lipinski definition) is 2. The van der Waals surface area contributed by atoms with E-state index in [4.69, 9.17) is 14.7 Å². The number of methoxy groups -OCH3 is 1. The van der Waals surface area contributed by atoms with Gasteiger partial charge in [0.1, 0.15) is 5.75 Å². The minimum atomic E-state index is -0.0352. The van der Waals surface area contributed by atoms with Crippen molar-refractivity contribution in [3.8, 4) is 17.0 Å². The van der Waals surface area contributed by atoms with Crippen molar-refractivity contribution in [1.82, 2.24) is 25.1 Å². The van der Waals surface area contributed by atoms with E-state index in [1.807, 2.05) is 36.7 Å². The molecule has 3 aromatic rings. The normalized spacial score (nSPS) is 24.2. The molecule has 0 spiro atoms. The van der Waals surface area contributed by atoms with Gasteiger partial charge in [-0.2, -0.15) is 0 Å². The maximum atomic E-state index is 11.8. The molecule has 1 atom stereocenters. The fourth-order valence-corrected chi connectivity index (χ4v) is 7.56. The molecule has 4 aliphatic rings. The largest absolute Gasteiger partial charge is 0.507 e. The first-order valence-corrected chi connectivity index (χ1v) is 16.1. The predicted octanol–water partition coefficient (Wildman–Crippen LogP) is 3.92. The van der Waals surface area contributed by atoms with E-state index in [-0.39, 0.29) is 23.7 Å². The number of carbonyl (C=O) groups is 1. The number of phenols is 1. The zero-order chi connectivity index (χ0) is 30.0. The minimum Gasteiger partial charge on any atom is -0.507 e. The summed E-state index contributed by atoms with van der Waals surface area (Å²) in [5.74, 6) is 3.04. The fourth-order valence-electron chi connectivity index (χ4n) is 7.56. The third-order valence-corrected chi connectivity index (χ3v) is 10.1. The number of anilines is 3. The number of esters is 1. The van der Waals surface area contributed by atoms with E-state index >= 15 is 0 Å². The van der Waals surface area contributed by atoms with Crippen molar-refractivity contribution < 1.29 is 14.6 Å². The lowest BCUT2D eigenvalue weighted by molar-refractivity contribution is -0.146. The highest BCUT2D eigenvalue weighted by atomic mass is 16.5. The van der Waals surface area contributed by atoms with Crippen LogP contribution in [-0.4, -0.2) is 95.1 Å². The molecule has 5 heterocycles. The highest BCUT2D eigenvalue weighted by Gasteiger charge is 2.34. The average molecular weight is 599 g/mol. The molecule has 0 amide bonds. The molecule has 2 N–H and O–H groups in total. The quantitative estimate of drug-likeness (QED) is 0.402. The number of aromatic nitrogens is 4. The van der Waals surface area contributed by atoms with E-state index in [1.54, 1.807) is 6.07 Å². The van der Waals surface area contributed by atoms with Crippen LogP contribution in [0.5, 0.6) is 5.75 Å². The van der Waals surface area contributed by atoms with Gasteiger partial charge in [-0.3, -0.25) is 4.79 Å². The van der Waals surface area contributed by atoms with Gasteiger partial charge >= 0.3 is 5.97 Å². The SMILES string of the molecule is COC(=O)C1CCC(CN2CCC(c3cnc(N4CCN5c6cc(-c7ccccc7O)nnc6NC[C@H]5C4)nc3)CC2)CC1. The average Bonchev–Trinajstić information content (AvgIpc) is 3.08. The van der Waals surface area contributed by atoms with Crippen LogP contribution in [0.1, 0.15) is 50.0 Å². The second-order valence-electron chi connectivity index (χ2n) is 12.8. The van der Waals surface area contributed by atoms with Crippen molar-refractivity contribution >= 4 is 23.4 Å². The number of ether oxygens (including phenoxy) is 1. The van der Waals surface area contributed by atoms with Gasteiger partial charge in [0, 0.05) is 50.7 Å². The van der Waals surface area contributed by atoms with Crippen molar-refractivity contribution in [3.63, 3.8) is 0 Å².